The predicted molar refractivity (Wildman–Crippen MR) is 306 cm³/mol. The third kappa shape index (κ3) is 55.7. The molecular weight excluding hydrogens is 863 g/mol. The van der Waals surface area contributed by atoms with Crippen molar-refractivity contribution in [1.29, 1.82) is 0 Å². The molecule has 0 aliphatic heterocycles. The molecule has 0 spiro atoms. The summed E-state index contributed by atoms with van der Waals surface area (Å²) in [6.45, 7) is 4.92. The maximum absolute atomic E-state index is 12.5. The highest BCUT2D eigenvalue weighted by Crippen LogP contribution is 2.18. The molecule has 0 rings (SSSR count). The van der Waals surface area contributed by atoms with E-state index in [9.17, 15) is 19.8 Å². The summed E-state index contributed by atoms with van der Waals surface area (Å²) in [5.74, 6) is -0.0478. The Hall–Kier alpha value is -1.66. The molecule has 2 unspecified atom stereocenters. The first-order valence-corrected chi connectivity index (χ1v) is 31.6. The molecule has 0 bridgehead atoms. The Bertz CT molecular complexity index is 1090. The third-order valence-corrected chi connectivity index (χ3v) is 14.7. The van der Waals surface area contributed by atoms with Crippen molar-refractivity contribution >= 4 is 11.9 Å². The number of aliphatic hydroxyl groups is 2. The molecule has 0 saturated carbocycles. The van der Waals surface area contributed by atoms with Gasteiger partial charge in [-0.15, -0.1) is 0 Å². The maximum atomic E-state index is 12.5. The van der Waals surface area contributed by atoms with Crippen molar-refractivity contribution in [2.24, 2.45) is 0 Å². The SMILES string of the molecule is CCCC/C=C\CCCCCCCC(=O)OCCCCCCCCCC/C=C\CCCCCCCCCC(=O)NC(CO)C(O)CCCCCCCCCCCCCCCCCCCCCCCCC. The van der Waals surface area contributed by atoms with Crippen molar-refractivity contribution in [2.45, 2.75) is 360 Å². The lowest BCUT2D eigenvalue weighted by atomic mass is 10.0. The normalized spacial score (nSPS) is 12.7. The van der Waals surface area contributed by atoms with Crippen LogP contribution in [0.25, 0.3) is 0 Å². The topological polar surface area (TPSA) is 95.9 Å². The Morgan fingerprint density at radius 2 is 0.686 bits per heavy atom. The highest BCUT2D eigenvalue weighted by Gasteiger charge is 2.20. The van der Waals surface area contributed by atoms with Crippen LogP contribution >= 0.6 is 0 Å². The summed E-state index contributed by atoms with van der Waals surface area (Å²) in [6.07, 6.45) is 73.3. The molecule has 0 aromatic carbocycles. The first-order valence-electron chi connectivity index (χ1n) is 31.6. The highest BCUT2D eigenvalue weighted by molar-refractivity contribution is 5.76. The molecule has 0 fully saturated rings. The van der Waals surface area contributed by atoms with Crippen LogP contribution in [0.4, 0.5) is 0 Å². The van der Waals surface area contributed by atoms with Gasteiger partial charge in [-0.2, -0.15) is 0 Å². The van der Waals surface area contributed by atoms with E-state index in [1.165, 1.54) is 270 Å². The number of carbonyl (C=O) groups is 2. The zero-order valence-electron chi connectivity index (χ0n) is 47.3. The summed E-state index contributed by atoms with van der Waals surface area (Å²) >= 11 is 0. The van der Waals surface area contributed by atoms with Crippen LogP contribution in [0, 0.1) is 0 Å². The second-order valence-electron chi connectivity index (χ2n) is 21.7. The van der Waals surface area contributed by atoms with Gasteiger partial charge in [0, 0.05) is 12.8 Å². The maximum Gasteiger partial charge on any atom is 0.305 e. The molecule has 0 aromatic heterocycles. The summed E-state index contributed by atoms with van der Waals surface area (Å²) in [5, 5.41) is 23.4. The molecular formula is C64H123NO5. The van der Waals surface area contributed by atoms with Gasteiger partial charge < -0.3 is 20.3 Å². The summed E-state index contributed by atoms with van der Waals surface area (Å²) in [5.41, 5.74) is 0. The van der Waals surface area contributed by atoms with Gasteiger partial charge in [-0.05, 0) is 70.6 Å². The number of ether oxygens (including phenoxy) is 1. The minimum Gasteiger partial charge on any atom is -0.466 e. The fourth-order valence-corrected chi connectivity index (χ4v) is 9.85. The van der Waals surface area contributed by atoms with Gasteiger partial charge in [0.25, 0.3) is 0 Å². The third-order valence-electron chi connectivity index (χ3n) is 14.7. The van der Waals surface area contributed by atoms with E-state index >= 15 is 0 Å². The molecule has 6 heteroatoms. The molecule has 2 atom stereocenters. The fraction of sp³-hybridized carbons (Fsp3) is 0.906. The average molecular weight is 987 g/mol. The largest absolute Gasteiger partial charge is 0.466 e. The van der Waals surface area contributed by atoms with Crippen molar-refractivity contribution < 1.29 is 24.5 Å². The number of esters is 1. The molecule has 414 valence electrons. The zero-order chi connectivity index (χ0) is 50.7. The molecule has 3 N–H and O–H groups in total. The quantitative estimate of drug-likeness (QED) is 0.0321. The van der Waals surface area contributed by atoms with Crippen LogP contribution in [0.1, 0.15) is 348 Å². The van der Waals surface area contributed by atoms with Crippen molar-refractivity contribution in [2.75, 3.05) is 13.2 Å². The van der Waals surface area contributed by atoms with E-state index in [1.54, 1.807) is 0 Å². The van der Waals surface area contributed by atoms with Crippen molar-refractivity contribution in [1.82, 2.24) is 5.32 Å². The number of amides is 1. The number of aliphatic hydroxyl groups excluding tert-OH is 2. The molecule has 0 radical (unpaired) electrons. The van der Waals surface area contributed by atoms with Crippen molar-refractivity contribution in [3.63, 3.8) is 0 Å². The molecule has 1 amide bonds. The standard InChI is InChI=1S/C64H123NO5/c1-3-5-7-9-11-13-15-16-17-18-19-20-21-22-24-27-30-33-37-40-44-48-52-56-62(67)61(60-66)65-63(68)57-53-49-45-41-38-34-31-28-25-23-26-29-32-35-39-43-47-51-55-59-70-64(69)58-54-50-46-42-36-14-12-10-8-6-4-2/h10,12,23,25,61-62,66-67H,3-9,11,13-22,24,26-60H2,1-2H3,(H,65,68)/b12-10-,25-23-. The minimum atomic E-state index is -0.672. The van der Waals surface area contributed by atoms with Gasteiger partial charge in [0.1, 0.15) is 0 Å². The van der Waals surface area contributed by atoms with Gasteiger partial charge in [0.2, 0.25) is 5.91 Å². The van der Waals surface area contributed by atoms with Crippen LogP contribution in [0.3, 0.4) is 0 Å². The number of nitrogens with one attached hydrogen (secondary N) is 1. The number of unbranched alkanes of at least 4 members (excludes halogenated alkanes) is 44. The Balaban J connectivity index is 3.44. The number of rotatable bonds is 59. The van der Waals surface area contributed by atoms with E-state index < -0.39 is 12.1 Å². The molecule has 70 heavy (non-hydrogen) atoms. The molecule has 0 heterocycles. The lowest BCUT2D eigenvalue weighted by molar-refractivity contribution is -0.143. The van der Waals surface area contributed by atoms with Gasteiger partial charge in [0.05, 0.1) is 25.4 Å². The molecule has 0 saturated heterocycles. The van der Waals surface area contributed by atoms with Crippen molar-refractivity contribution in [3.05, 3.63) is 24.3 Å². The van der Waals surface area contributed by atoms with Gasteiger partial charge in [-0.3, -0.25) is 9.59 Å². The average Bonchev–Trinajstić information content (AvgIpc) is 3.36. The van der Waals surface area contributed by atoms with E-state index in [0.29, 0.717) is 25.9 Å². The van der Waals surface area contributed by atoms with Crippen LogP contribution < -0.4 is 5.32 Å². The lowest BCUT2D eigenvalue weighted by Gasteiger charge is -2.22. The van der Waals surface area contributed by atoms with E-state index in [4.69, 9.17) is 4.74 Å². The Morgan fingerprint density at radius 3 is 1.06 bits per heavy atom. The number of hydrogen-bond donors (Lipinski definition) is 3. The van der Waals surface area contributed by atoms with E-state index in [0.717, 1.165) is 44.9 Å². The zero-order valence-corrected chi connectivity index (χ0v) is 47.3. The van der Waals surface area contributed by atoms with Gasteiger partial charge in [0.15, 0.2) is 0 Å². The molecule has 0 aliphatic rings. The van der Waals surface area contributed by atoms with Gasteiger partial charge >= 0.3 is 5.97 Å². The Morgan fingerprint density at radius 1 is 0.386 bits per heavy atom. The van der Waals surface area contributed by atoms with Crippen molar-refractivity contribution in [3.8, 4) is 0 Å². The monoisotopic (exact) mass is 986 g/mol. The molecule has 0 aliphatic carbocycles. The second-order valence-corrected chi connectivity index (χ2v) is 21.7. The van der Waals surface area contributed by atoms with E-state index in [1.807, 2.05) is 0 Å². The van der Waals surface area contributed by atoms with Crippen LogP contribution in [0.5, 0.6) is 0 Å². The summed E-state index contributed by atoms with van der Waals surface area (Å²) in [6, 6.07) is -0.550. The predicted octanol–water partition coefficient (Wildman–Crippen LogP) is 19.8. The fourth-order valence-electron chi connectivity index (χ4n) is 9.85. The van der Waals surface area contributed by atoms with Crippen LogP contribution in [-0.4, -0.2) is 47.4 Å². The van der Waals surface area contributed by atoms with E-state index in [-0.39, 0.29) is 18.5 Å². The van der Waals surface area contributed by atoms with Crippen LogP contribution in [-0.2, 0) is 14.3 Å². The molecule has 0 aromatic rings. The van der Waals surface area contributed by atoms with Crippen LogP contribution in [0.2, 0.25) is 0 Å². The smallest absolute Gasteiger partial charge is 0.305 e. The number of carbonyl (C=O) groups excluding carboxylic acids is 2. The Labute approximate surface area is 437 Å². The molecule has 6 nitrogen and oxygen atoms in total. The Kier molecular flexibility index (Phi) is 58.5. The lowest BCUT2D eigenvalue weighted by Crippen LogP contribution is -2.45. The highest BCUT2D eigenvalue weighted by atomic mass is 16.5. The minimum absolute atomic E-state index is 0.00654. The summed E-state index contributed by atoms with van der Waals surface area (Å²) in [4.78, 5) is 24.5. The van der Waals surface area contributed by atoms with Crippen LogP contribution in [0.15, 0.2) is 24.3 Å². The van der Waals surface area contributed by atoms with Gasteiger partial charge in [-0.1, -0.05) is 289 Å². The van der Waals surface area contributed by atoms with Gasteiger partial charge in [-0.25, -0.2) is 0 Å². The second kappa shape index (κ2) is 59.9. The summed E-state index contributed by atoms with van der Waals surface area (Å²) in [7, 11) is 0. The summed E-state index contributed by atoms with van der Waals surface area (Å²) < 4.78 is 5.45. The number of hydrogen-bond acceptors (Lipinski definition) is 5. The first-order chi connectivity index (χ1) is 34.5. The first kappa shape index (κ1) is 68.3. The number of allylic oxidation sites excluding steroid dienone is 4. The van der Waals surface area contributed by atoms with E-state index in [2.05, 4.69) is 43.5 Å².